The molecule has 2 heterocycles. The molecule has 2 aromatic heterocycles. The van der Waals surface area contributed by atoms with Gasteiger partial charge < -0.3 is 5.32 Å². The molecular weight excluding hydrogens is 268 g/mol. The third-order valence-electron chi connectivity index (χ3n) is 3.03. The molecule has 0 unspecified atom stereocenters. The number of tetrazole rings is 1. The lowest BCUT2D eigenvalue weighted by molar-refractivity contribution is 0.564. The first-order valence-electron chi connectivity index (χ1n) is 6.68. The van der Waals surface area contributed by atoms with Crippen molar-refractivity contribution in [1.29, 1.82) is 0 Å². The number of hydrogen-bond donors (Lipinski definition) is 1. The number of nitrogens with one attached hydrogen (secondary N) is 1. The van der Waals surface area contributed by atoms with Crippen LogP contribution in [0.5, 0.6) is 0 Å². The largest absolute Gasteiger partial charge is 0.314 e. The van der Waals surface area contributed by atoms with Crippen molar-refractivity contribution >= 4 is 0 Å². The van der Waals surface area contributed by atoms with Gasteiger partial charge in [-0.25, -0.2) is 9.36 Å². The smallest absolute Gasteiger partial charge is 0.173 e. The maximum absolute atomic E-state index is 4.08. The summed E-state index contributed by atoms with van der Waals surface area (Å²) in [5, 5.41) is 23.0. The van der Waals surface area contributed by atoms with Crippen LogP contribution < -0.4 is 5.32 Å². The third kappa shape index (κ3) is 3.29. The highest BCUT2D eigenvalue weighted by molar-refractivity contribution is 5.14. The van der Waals surface area contributed by atoms with Crippen LogP contribution in [0.3, 0.4) is 0 Å². The highest BCUT2D eigenvalue weighted by Gasteiger charge is 2.09. The summed E-state index contributed by atoms with van der Waals surface area (Å²) in [7, 11) is 1.87. The van der Waals surface area contributed by atoms with Gasteiger partial charge in [0.25, 0.3) is 0 Å². The van der Waals surface area contributed by atoms with E-state index in [4.69, 9.17) is 0 Å². The Labute approximate surface area is 121 Å². The fraction of sp³-hybridized carbons (Fsp3) is 0.308. The second-order valence-electron chi connectivity index (χ2n) is 4.68. The van der Waals surface area contributed by atoms with Crippen molar-refractivity contribution in [3.05, 3.63) is 53.6 Å². The van der Waals surface area contributed by atoms with Gasteiger partial charge in [-0.05, 0) is 23.0 Å². The Morgan fingerprint density at radius 1 is 1.05 bits per heavy atom. The molecule has 0 saturated heterocycles. The number of hydrogen-bond acceptors (Lipinski definition) is 6. The van der Waals surface area contributed by atoms with Crippen LogP contribution >= 0.6 is 0 Å². The molecule has 0 amide bonds. The number of rotatable bonds is 6. The molecule has 0 spiro atoms. The molecule has 1 N–H and O–H groups in total. The SMILES string of the molecule is CNCc1cn(Cc2nnnn2Cc2ccccc2)nn1. The zero-order chi connectivity index (χ0) is 14.5. The minimum absolute atomic E-state index is 0.497. The van der Waals surface area contributed by atoms with Crippen molar-refractivity contribution in [2.24, 2.45) is 0 Å². The second-order valence-corrected chi connectivity index (χ2v) is 4.68. The van der Waals surface area contributed by atoms with Gasteiger partial charge in [0.2, 0.25) is 0 Å². The van der Waals surface area contributed by atoms with E-state index in [1.54, 1.807) is 9.36 Å². The zero-order valence-corrected chi connectivity index (χ0v) is 11.7. The lowest BCUT2D eigenvalue weighted by Crippen LogP contribution is -2.11. The first kappa shape index (κ1) is 13.4. The van der Waals surface area contributed by atoms with Gasteiger partial charge in [0.05, 0.1) is 18.4 Å². The second kappa shape index (κ2) is 6.23. The van der Waals surface area contributed by atoms with Gasteiger partial charge in [0.1, 0.15) is 6.54 Å². The monoisotopic (exact) mass is 284 g/mol. The van der Waals surface area contributed by atoms with E-state index < -0.39 is 0 Å². The molecule has 1 aromatic carbocycles. The first-order chi connectivity index (χ1) is 10.3. The van der Waals surface area contributed by atoms with Crippen molar-refractivity contribution in [1.82, 2.24) is 40.5 Å². The Morgan fingerprint density at radius 2 is 1.90 bits per heavy atom. The first-order valence-corrected chi connectivity index (χ1v) is 6.68. The van der Waals surface area contributed by atoms with Gasteiger partial charge in [-0.15, -0.1) is 10.2 Å². The average molecular weight is 284 g/mol. The topological polar surface area (TPSA) is 86.3 Å². The number of nitrogens with zero attached hydrogens (tertiary/aromatic N) is 7. The van der Waals surface area contributed by atoms with Crippen molar-refractivity contribution in [3.8, 4) is 0 Å². The Kier molecular flexibility index (Phi) is 3.97. The molecule has 108 valence electrons. The summed E-state index contributed by atoms with van der Waals surface area (Å²) in [6.45, 7) is 1.83. The highest BCUT2D eigenvalue weighted by atomic mass is 15.6. The van der Waals surface area contributed by atoms with Crippen LogP contribution in [0.4, 0.5) is 0 Å². The zero-order valence-electron chi connectivity index (χ0n) is 11.7. The third-order valence-corrected chi connectivity index (χ3v) is 3.03. The molecule has 3 aromatic rings. The molecule has 0 saturated carbocycles. The molecule has 0 aliphatic rings. The van der Waals surface area contributed by atoms with Crippen LogP contribution in [-0.2, 0) is 19.6 Å². The van der Waals surface area contributed by atoms with Crippen molar-refractivity contribution in [3.63, 3.8) is 0 Å². The van der Waals surface area contributed by atoms with Crippen LogP contribution in [0.25, 0.3) is 0 Å². The van der Waals surface area contributed by atoms with E-state index in [0.717, 1.165) is 17.1 Å². The molecular formula is C13H16N8. The summed E-state index contributed by atoms with van der Waals surface area (Å²) in [5.74, 6) is 0.750. The summed E-state index contributed by atoms with van der Waals surface area (Å²) in [4.78, 5) is 0. The lowest BCUT2D eigenvalue weighted by atomic mass is 10.2. The molecule has 0 bridgehead atoms. The van der Waals surface area contributed by atoms with Gasteiger partial charge >= 0.3 is 0 Å². The Balaban J connectivity index is 1.72. The standard InChI is InChI=1S/C13H16N8/c1-14-7-12-9-20(18-15-12)10-13-16-17-19-21(13)8-11-5-3-2-4-6-11/h2-6,9,14H,7-8,10H2,1H3. The van der Waals surface area contributed by atoms with E-state index in [9.17, 15) is 0 Å². The van der Waals surface area contributed by atoms with Crippen molar-refractivity contribution in [2.45, 2.75) is 19.6 Å². The Morgan fingerprint density at radius 3 is 2.71 bits per heavy atom. The van der Waals surface area contributed by atoms with Gasteiger partial charge in [-0.2, -0.15) is 0 Å². The molecule has 8 nitrogen and oxygen atoms in total. The maximum atomic E-state index is 4.08. The quantitative estimate of drug-likeness (QED) is 0.690. The Bertz CT molecular complexity index is 687. The van der Waals surface area contributed by atoms with Gasteiger partial charge in [0, 0.05) is 6.54 Å². The summed E-state index contributed by atoms with van der Waals surface area (Å²) < 4.78 is 3.51. The maximum Gasteiger partial charge on any atom is 0.173 e. The van der Waals surface area contributed by atoms with Gasteiger partial charge in [-0.3, -0.25) is 0 Å². The molecule has 0 aliphatic heterocycles. The molecule has 8 heteroatoms. The summed E-state index contributed by atoms with van der Waals surface area (Å²) >= 11 is 0. The minimum Gasteiger partial charge on any atom is -0.314 e. The van der Waals surface area contributed by atoms with Crippen LogP contribution in [0, 0.1) is 0 Å². The number of benzene rings is 1. The molecule has 0 atom stereocenters. The Hall–Kier alpha value is -2.61. The van der Waals surface area contributed by atoms with Crippen LogP contribution in [0.1, 0.15) is 17.1 Å². The molecule has 0 fully saturated rings. The van der Waals surface area contributed by atoms with Gasteiger partial charge in [-0.1, -0.05) is 35.5 Å². The fourth-order valence-corrected chi connectivity index (χ4v) is 2.04. The van der Waals surface area contributed by atoms with E-state index in [1.807, 2.05) is 43.6 Å². The van der Waals surface area contributed by atoms with Crippen molar-refractivity contribution in [2.75, 3.05) is 7.05 Å². The van der Waals surface area contributed by atoms with Crippen LogP contribution in [0.2, 0.25) is 0 Å². The average Bonchev–Trinajstić information content (AvgIpc) is 3.11. The van der Waals surface area contributed by atoms with E-state index in [0.29, 0.717) is 19.6 Å². The predicted molar refractivity (Wildman–Crippen MR) is 75.2 cm³/mol. The van der Waals surface area contributed by atoms with Crippen LogP contribution in [-0.4, -0.2) is 42.2 Å². The number of aromatic nitrogens is 7. The molecule has 0 radical (unpaired) electrons. The van der Waals surface area contributed by atoms with Gasteiger partial charge in [0.15, 0.2) is 5.82 Å². The minimum atomic E-state index is 0.497. The lowest BCUT2D eigenvalue weighted by Gasteiger charge is -2.04. The fourth-order valence-electron chi connectivity index (χ4n) is 2.04. The van der Waals surface area contributed by atoms with E-state index in [2.05, 4.69) is 31.2 Å². The summed E-state index contributed by atoms with van der Waals surface area (Å²) in [6.07, 6.45) is 1.89. The molecule has 3 rings (SSSR count). The van der Waals surface area contributed by atoms with E-state index >= 15 is 0 Å². The molecule has 21 heavy (non-hydrogen) atoms. The van der Waals surface area contributed by atoms with E-state index in [1.165, 1.54) is 0 Å². The predicted octanol–water partition coefficient (Wildman–Crippen LogP) is 0.0806. The summed E-state index contributed by atoms with van der Waals surface area (Å²) in [6, 6.07) is 10.1. The van der Waals surface area contributed by atoms with Crippen molar-refractivity contribution < 1.29 is 0 Å². The highest BCUT2D eigenvalue weighted by Crippen LogP contribution is 2.04. The molecule has 0 aliphatic carbocycles. The van der Waals surface area contributed by atoms with E-state index in [-0.39, 0.29) is 0 Å². The summed E-state index contributed by atoms with van der Waals surface area (Å²) in [5.41, 5.74) is 2.04. The normalized spacial score (nSPS) is 10.9. The van der Waals surface area contributed by atoms with Crippen LogP contribution in [0.15, 0.2) is 36.5 Å².